The molecule has 1 aliphatic heterocycles. The van der Waals surface area contributed by atoms with Crippen molar-refractivity contribution in [2.45, 2.75) is 0 Å². The van der Waals surface area contributed by atoms with Gasteiger partial charge in [-0.1, -0.05) is 34.1 Å². The Hall–Kier alpha value is -1.81. The van der Waals surface area contributed by atoms with Gasteiger partial charge in [0.15, 0.2) is 17.8 Å². The van der Waals surface area contributed by atoms with Crippen molar-refractivity contribution in [3.8, 4) is 22.6 Å². The first kappa shape index (κ1) is 11.3. The van der Waals surface area contributed by atoms with E-state index in [4.69, 9.17) is 9.47 Å². The van der Waals surface area contributed by atoms with Crippen molar-refractivity contribution in [3.05, 3.63) is 46.4 Å². The summed E-state index contributed by atoms with van der Waals surface area (Å²) in [6.45, 7) is 0.201. The fourth-order valence-corrected chi connectivity index (χ4v) is 2.47. The first-order chi connectivity index (χ1) is 8.79. The molecule has 0 unspecified atom stereocenters. The van der Waals surface area contributed by atoms with E-state index in [9.17, 15) is 4.79 Å². The van der Waals surface area contributed by atoms with E-state index < -0.39 is 0 Å². The average Bonchev–Trinajstić information content (AvgIpc) is 2.85. The van der Waals surface area contributed by atoms with Gasteiger partial charge in [0.1, 0.15) is 0 Å². The van der Waals surface area contributed by atoms with Gasteiger partial charge in [0, 0.05) is 10.0 Å². The van der Waals surface area contributed by atoms with Crippen molar-refractivity contribution in [2.75, 3.05) is 6.79 Å². The molecule has 0 N–H and O–H groups in total. The smallest absolute Gasteiger partial charge is 0.231 e. The predicted octanol–water partition coefficient (Wildman–Crippen LogP) is 3.66. The molecule has 0 amide bonds. The van der Waals surface area contributed by atoms with Gasteiger partial charge in [-0.25, -0.2) is 0 Å². The van der Waals surface area contributed by atoms with Gasteiger partial charge in [-0.3, -0.25) is 4.79 Å². The highest BCUT2D eigenvalue weighted by atomic mass is 79.9. The number of hydrogen-bond acceptors (Lipinski definition) is 3. The van der Waals surface area contributed by atoms with Crippen molar-refractivity contribution < 1.29 is 14.3 Å². The Morgan fingerprint density at radius 2 is 1.78 bits per heavy atom. The van der Waals surface area contributed by atoms with Crippen LogP contribution in [0.25, 0.3) is 11.1 Å². The number of hydrogen-bond donors (Lipinski definition) is 0. The topological polar surface area (TPSA) is 35.5 Å². The molecular weight excluding hydrogens is 296 g/mol. The second-order valence-electron chi connectivity index (χ2n) is 3.89. The summed E-state index contributed by atoms with van der Waals surface area (Å²) in [6.07, 6.45) is 0.830. The van der Waals surface area contributed by atoms with Crippen LogP contribution in [-0.2, 0) is 0 Å². The number of halogens is 1. The molecule has 0 bridgehead atoms. The van der Waals surface area contributed by atoms with E-state index in [0.29, 0.717) is 17.1 Å². The van der Waals surface area contributed by atoms with Gasteiger partial charge in [0.2, 0.25) is 6.79 Å². The summed E-state index contributed by atoms with van der Waals surface area (Å²) >= 11 is 3.49. The lowest BCUT2D eigenvalue weighted by Gasteiger charge is -2.08. The minimum atomic E-state index is 0.201. The minimum Gasteiger partial charge on any atom is -0.454 e. The molecule has 0 saturated carbocycles. The third-order valence-corrected chi connectivity index (χ3v) is 3.53. The fourth-order valence-electron chi connectivity index (χ4n) is 1.97. The number of carbonyl (C=O) groups is 1. The van der Waals surface area contributed by atoms with E-state index in [1.165, 1.54) is 0 Å². The molecular formula is C14H9BrO3. The summed E-state index contributed by atoms with van der Waals surface area (Å²) in [5.41, 5.74) is 2.38. The van der Waals surface area contributed by atoms with E-state index >= 15 is 0 Å². The molecule has 3 rings (SSSR count). The average molecular weight is 305 g/mol. The maximum absolute atomic E-state index is 11.2. The van der Waals surface area contributed by atoms with Gasteiger partial charge >= 0.3 is 0 Å². The maximum Gasteiger partial charge on any atom is 0.231 e. The molecule has 0 aromatic heterocycles. The number of fused-ring (bicyclic) bond motifs is 1. The highest BCUT2D eigenvalue weighted by Crippen LogP contribution is 2.40. The number of benzene rings is 2. The SMILES string of the molecule is O=Cc1cc2c(cc1-c1ccccc1Br)OCO2. The molecule has 18 heavy (non-hydrogen) atoms. The second kappa shape index (κ2) is 4.46. The number of carbonyl (C=O) groups excluding carboxylic acids is 1. The van der Waals surface area contributed by atoms with Crippen LogP contribution in [0.15, 0.2) is 40.9 Å². The normalized spacial score (nSPS) is 12.5. The summed E-state index contributed by atoms with van der Waals surface area (Å²) in [5, 5.41) is 0. The zero-order chi connectivity index (χ0) is 12.5. The zero-order valence-electron chi connectivity index (χ0n) is 9.35. The minimum absolute atomic E-state index is 0.201. The lowest BCUT2D eigenvalue weighted by atomic mass is 9.99. The second-order valence-corrected chi connectivity index (χ2v) is 4.74. The van der Waals surface area contributed by atoms with E-state index in [1.54, 1.807) is 6.07 Å². The van der Waals surface area contributed by atoms with Gasteiger partial charge in [-0.2, -0.15) is 0 Å². The Kier molecular flexibility index (Phi) is 2.80. The number of rotatable bonds is 2. The van der Waals surface area contributed by atoms with Crippen molar-refractivity contribution in [2.24, 2.45) is 0 Å². The molecule has 0 radical (unpaired) electrons. The van der Waals surface area contributed by atoms with Crippen molar-refractivity contribution in [1.82, 2.24) is 0 Å². The Bertz CT molecular complexity index is 622. The van der Waals surface area contributed by atoms with E-state index in [0.717, 1.165) is 21.9 Å². The standard InChI is InChI=1S/C14H9BrO3/c15-12-4-2-1-3-10(12)11-6-14-13(17-8-18-14)5-9(11)7-16/h1-7H,8H2. The molecule has 3 nitrogen and oxygen atoms in total. The molecule has 1 heterocycles. The summed E-state index contributed by atoms with van der Waals surface area (Å²) in [5.74, 6) is 1.29. The van der Waals surface area contributed by atoms with Gasteiger partial charge in [-0.15, -0.1) is 0 Å². The van der Waals surface area contributed by atoms with Gasteiger partial charge in [0.05, 0.1) is 0 Å². The lowest BCUT2D eigenvalue weighted by molar-refractivity contribution is 0.112. The molecule has 4 heteroatoms. The summed E-state index contributed by atoms with van der Waals surface area (Å²) in [6, 6.07) is 11.3. The number of ether oxygens (including phenoxy) is 2. The first-order valence-electron chi connectivity index (χ1n) is 5.43. The molecule has 0 spiro atoms. The van der Waals surface area contributed by atoms with E-state index in [2.05, 4.69) is 15.9 Å². The van der Waals surface area contributed by atoms with Crippen LogP contribution in [0.3, 0.4) is 0 Å². The monoisotopic (exact) mass is 304 g/mol. The van der Waals surface area contributed by atoms with Crippen LogP contribution in [0, 0.1) is 0 Å². The van der Waals surface area contributed by atoms with Crippen LogP contribution in [0.4, 0.5) is 0 Å². The lowest BCUT2D eigenvalue weighted by Crippen LogP contribution is -1.92. The zero-order valence-corrected chi connectivity index (χ0v) is 10.9. The molecule has 90 valence electrons. The van der Waals surface area contributed by atoms with Crippen LogP contribution in [-0.4, -0.2) is 13.1 Å². The highest BCUT2D eigenvalue weighted by molar-refractivity contribution is 9.10. The molecule has 0 saturated heterocycles. The molecule has 1 aliphatic rings. The Morgan fingerprint density at radius 1 is 1.06 bits per heavy atom. The molecule has 0 atom stereocenters. The highest BCUT2D eigenvalue weighted by Gasteiger charge is 2.18. The van der Waals surface area contributed by atoms with Crippen LogP contribution in [0.1, 0.15) is 10.4 Å². The predicted molar refractivity (Wildman–Crippen MR) is 71.1 cm³/mol. The summed E-state index contributed by atoms with van der Waals surface area (Å²) < 4.78 is 11.6. The van der Waals surface area contributed by atoms with Crippen LogP contribution in [0.2, 0.25) is 0 Å². The Labute approximate surface area is 112 Å². The largest absolute Gasteiger partial charge is 0.454 e. The molecule has 0 aliphatic carbocycles. The Balaban J connectivity index is 2.23. The molecule has 2 aromatic rings. The third-order valence-electron chi connectivity index (χ3n) is 2.84. The van der Waals surface area contributed by atoms with E-state index in [-0.39, 0.29) is 6.79 Å². The molecule has 0 fully saturated rings. The van der Waals surface area contributed by atoms with Crippen molar-refractivity contribution in [3.63, 3.8) is 0 Å². The summed E-state index contributed by atoms with van der Waals surface area (Å²) in [7, 11) is 0. The maximum atomic E-state index is 11.2. The van der Waals surface area contributed by atoms with Gasteiger partial charge in [-0.05, 0) is 29.3 Å². The third kappa shape index (κ3) is 1.78. The van der Waals surface area contributed by atoms with Crippen LogP contribution >= 0.6 is 15.9 Å². The molecule has 2 aromatic carbocycles. The van der Waals surface area contributed by atoms with E-state index in [1.807, 2.05) is 30.3 Å². The van der Waals surface area contributed by atoms with Crippen molar-refractivity contribution in [1.29, 1.82) is 0 Å². The first-order valence-corrected chi connectivity index (χ1v) is 6.22. The van der Waals surface area contributed by atoms with Crippen molar-refractivity contribution >= 4 is 22.2 Å². The Morgan fingerprint density at radius 3 is 2.50 bits per heavy atom. The summed E-state index contributed by atoms with van der Waals surface area (Å²) in [4.78, 5) is 11.2. The van der Waals surface area contributed by atoms with Gasteiger partial charge in [0.25, 0.3) is 0 Å². The van der Waals surface area contributed by atoms with Gasteiger partial charge < -0.3 is 9.47 Å². The fraction of sp³-hybridized carbons (Fsp3) is 0.0714. The van der Waals surface area contributed by atoms with Crippen LogP contribution < -0.4 is 9.47 Å². The number of aldehydes is 1. The quantitative estimate of drug-likeness (QED) is 0.794. The van der Waals surface area contributed by atoms with Crippen LogP contribution in [0.5, 0.6) is 11.5 Å².